The number of hydrogen-bond acceptors (Lipinski definition) is 5. The van der Waals surface area contributed by atoms with Crippen molar-refractivity contribution in [3.8, 4) is 17.4 Å². The molecule has 6 heteroatoms. The number of amides is 1. The molecule has 150 valence electrons. The van der Waals surface area contributed by atoms with Crippen LogP contribution in [0.5, 0.6) is 17.4 Å². The molecular weight excluding hydrogens is 368 g/mol. The maximum absolute atomic E-state index is 12.5. The second-order valence-electron chi connectivity index (χ2n) is 7.34. The van der Waals surface area contributed by atoms with Crippen LogP contribution in [0.15, 0.2) is 36.4 Å². The third-order valence-electron chi connectivity index (χ3n) is 5.21. The molecule has 0 N–H and O–H groups in total. The zero-order valence-electron chi connectivity index (χ0n) is 17.1. The molecule has 0 unspecified atom stereocenters. The highest BCUT2D eigenvalue weighted by molar-refractivity contribution is 5.85. The van der Waals surface area contributed by atoms with Crippen LogP contribution < -0.4 is 14.2 Å². The van der Waals surface area contributed by atoms with Crippen LogP contribution in [0, 0.1) is 13.8 Å². The largest absolute Gasteiger partial charge is 0.493 e. The first kappa shape index (κ1) is 19.1. The first-order valence-electron chi connectivity index (χ1n) is 9.57. The number of aromatic nitrogens is 1. The summed E-state index contributed by atoms with van der Waals surface area (Å²) in [4.78, 5) is 18.8. The minimum absolute atomic E-state index is 0.366. The Labute approximate surface area is 170 Å². The predicted molar refractivity (Wildman–Crippen MR) is 111 cm³/mol. The molecule has 2 aromatic carbocycles. The number of pyridine rings is 1. The number of carbonyl (C=O) groups excluding carboxylic acids is 1. The topological polar surface area (TPSA) is 60.9 Å². The van der Waals surface area contributed by atoms with Gasteiger partial charge in [-0.1, -0.05) is 17.7 Å². The van der Waals surface area contributed by atoms with Gasteiger partial charge < -0.3 is 19.1 Å². The Kier molecular flexibility index (Phi) is 5.01. The Morgan fingerprint density at radius 1 is 1.07 bits per heavy atom. The molecule has 3 aromatic rings. The number of carbonyl (C=O) groups is 1. The minimum Gasteiger partial charge on any atom is -0.493 e. The van der Waals surface area contributed by atoms with Gasteiger partial charge in [-0.3, -0.25) is 0 Å². The highest BCUT2D eigenvalue weighted by atomic mass is 16.6. The van der Waals surface area contributed by atoms with Crippen molar-refractivity contribution in [2.45, 2.75) is 26.8 Å². The van der Waals surface area contributed by atoms with E-state index in [0.29, 0.717) is 36.9 Å². The summed E-state index contributed by atoms with van der Waals surface area (Å²) in [5.41, 5.74) is 5.13. The summed E-state index contributed by atoms with van der Waals surface area (Å²) >= 11 is 0. The van der Waals surface area contributed by atoms with E-state index in [0.717, 1.165) is 27.6 Å². The van der Waals surface area contributed by atoms with Crippen molar-refractivity contribution >= 4 is 17.0 Å². The summed E-state index contributed by atoms with van der Waals surface area (Å²) in [6.07, 6.45) is 0.318. The van der Waals surface area contributed by atoms with Gasteiger partial charge in [-0.2, -0.15) is 0 Å². The highest BCUT2D eigenvalue weighted by Crippen LogP contribution is 2.31. The first-order valence-corrected chi connectivity index (χ1v) is 9.57. The number of rotatable bonds is 5. The molecule has 1 aliphatic rings. The maximum atomic E-state index is 12.5. The van der Waals surface area contributed by atoms with Crippen molar-refractivity contribution in [1.29, 1.82) is 0 Å². The van der Waals surface area contributed by atoms with E-state index < -0.39 is 0 Å². The summed E-state index contributed by atoms with van der Waals surface area (Å²) < 4.78 is 16.2. The molecule has 2 heterocycles. The van der Waals surface area contributed by atoms with E-state index in [9.17, 15) is 4.79 Å². The monoisotopic (exact) mass is 392 g/mol. The van der Waals surface area contributed by atoms with Gasteiger partial charge in [0, 0.05) is 17.5 Å². The van der Waals surface area contributed by atoms with E-state index in [1.54, 1.807) is 19.1 Å². The Morgan fingerprint density at radius 2 is 1.86 bits per heavy atom. The number of benzene rings is 2. The van der Waals surface area contributed by atoms with E-state index in [2.05, 4.69) is 30.1 Å². The van der Waals surface area contributed by atoms with Gasteiger partial charge in [0.25, 0.3) is 0 Å². The van der Waals surface area contributed by atoms with Crippen LogP contribution in [-0.4, -0.2) is 36.7 Å². The molecule has 0 aliphatic carbocycles. The first-order chi connectivity index (χ1) is 14.0. The van der Waals surface area contributed by atoms with Crippen molar-refractivity contribution in [3.05, 3.63) is 58.7 Å². The summed E-state index contributed by atoms with van der Waals surface area (Å²) in [6, 6.07) is 12.1. The minimum atomic E-state index is -0.366. The number of methoxy groups -OCH3 is 2. The van der Waals surface area contributed by atoms with Crippen LogP contribution in [0.25, 0.3) is 10.9 Å². The Bertz CT molecular complexity index is 1090. The second kappa shape index (κ2) is 7.62. The smallest absolute Gasteiger partial charge is 0.416 e. The molecule has 0 saturated heterocycles. The van der Waals surface area contributed by atoms with Crippen LogP contribution >= 0.6 is 0 Å². The van der Waals surface area contributed by atoms with Crippen LogP contribution in [0.2, 0.25) is 0 Å². The summed E-state index contributed by atoms with van der Waals surface area (Å²) in [5.74, 6) is 1.78. The summed E-state index contributed by atoms with van der Waals surface area (Å²) in [7, 11) is 3.22. The standard InChI is InChI=1S/C23H24N2O4/c1-14-9-15(2)21-17(10-14)12-18-13-25(23(26)29-22(18)24-21)8-7-16-5-6-19(27-3)20(11-16)28-4/h5-6,9-12H,7-8,13H2,1-4H3. The number of ether oxygens (including phenoxy) is 3. The average molecular weight is 392 g/mol. The fourth-order valence-electron chi connectivity index (χ4n) is 3.77. The fraction of sp³-hybridized carbons (Fsp3) is 0.304. The Hall–Kier alpha value is -3.28. The van der Waals surface area contributed by atoms with Crippen molar-refractivity contribution in [1.82, 2.24) is 9.88 Å². The third-order valence-corrected chi connectivity index (χ3v) is 5.21. The van der Waals surface area contributed by atoms with Crippen LogP contribution in [-0.2, 0) is 13.0 Å². The zero-order valence-corrected chi connectivity index (χ0v) is 17.1. The number of nitrogens with zero attached hydrogens (tertiary/aromatic N) is 2. The van der Waals surface area contributed by atoms with Crippen LogP contribution in [0.1, 0.15) is 22.3 Å². The lowest BCUT2D eigenvalue weighted by atomic mass is 10.0. The van der Waals surface area contributed by atoms with E-state index in [1.807, 2.05) is 25.1 Å². The highest BCUT2D eigenvalue weighted by Gasteiger charge is 2.26. The SMILES string of the molecule is COc1ccc(CCN2Cc3cc4cc(C)cc(C)c4nc3OC2=O)cc1OC. The van der Waals surface area contributed by atoms with Crippen molar-refractivity contribution < 1.29 is 19.0 Å². The van der Waals surface area contributed by atoms with Gasteiger partial charge in [0.15, 0.2) is 11.5 Å². The van der Waals surface area contributed by atoms with Crippen LogP contribution in [0.3, 0.4) is 0 Å². The zero-order chi connectivity index (χ0) is 20.5. The fourth-order valence-corrected chi connectivity index (χ4v) is 3.77. The summed E-state index contributed by atoms with van der Waals surface area (Å²) in [6.45, 7) is 5.12. The third kappa shape index (κ3) is 3.70. The van der Waals surface area contributed by atoms with Gasteiger partial charge in [-0.15, -0.1) is 0 Å². The number of fused-ring (bicyclic) bond motifs is 2. The molecule has 0 bridgehead atoms. The lowest BCUT2D eigenvalue weighted by Gasteiger charge is -2.27. The van der Waals surface area contributed by atoms with Gasteiger partial charge in [0.05, 0.1) is 26.3 Å². The molecular formula is C23H24N2O4. The number of hydrogen-bond donors (Lipinski definition) is 0. The van der Waals surface area contributed by atoms with Crippen molar-refractivity contribution in [3.63, 3.8) is 0 Å². The maximum Gasteiger partial charge on any atom is 0.416 e. The molecule has 29 heavy (non-hydrogen) atoms. The molecule has 1 aromatic heterocycles. The van der Waals surface area contributed by atoms with Gasteiger partial charge in [0.1, 0.15) is 0 Å². The molecule has 1 aliphatic heterocycles. The van der Waals surface area contributed by atoms with Gasteiger partial charge in [0.2, 0.25) is 5.88 Å². The lowest BCUT2D eigenvalue weighted by molar-refractivity contribution is 0.136. The van der Waals surface area contributed by atoms with Gasteiger partial charge in [-0.25, -0.2) is 9.78 Å². The molecule has 0 fully saturated rings. The molecule has 0 atom stereocenters. The van der Waals surface area contributed by atoms with E-state index in [4.69, 9.17) is 14.2 Å². The molecule has 6 nitrogen and oxygen atoms in total. The summed E-state index contributed by atoms with van der Waals surface area (Å²) in [5, 5.41) is 1.07. The molecule has 4 rings (SSSR count). The van der Waals surface area contributed by atoms with Crippen molar-refractivity contribution in [2.24, 2.45) is 0 Å². The number of aryl methyl sites for hydroxylation is 2. The van der Waals surface area contributed by atoms with Gasteiger partial charge >= 0.3 is 6.09 Å². The average Bonchev–Trinajstić information content (AvgIpc) is 2.71. The quantitative estimate of drug-likeness (QED) is 0.643. The lowest BCUT2D eigenvalue weighted by Crippen LogP contribution is -2.38. The molecule has 0 saturated carbocycles. The van der Waals surface area contributed by atoms with Crippen LogP contribution in [0.4, 0.5) is 4.79 Å². The molecule has 0 radical (unpaired) electrons. The van der Waals surface area contributed by atoms with Gasteiger partial charge in [-0.05, 0) is 55.7 Å². The molecule has 0 spiro atoms. The second-order valence-corrected chi connectivity index (χ2v) is 7.34. The predicted octanol–water partition coefficient (Wildman–Crippen LogP) is 4.43. The van der Waals surface area contributed by atoms with E-state index >= 15 is 0 Å². The van der Waals surface area contributed by atoms with Crippen molar-refractivity contribution in [2.75, 3.05) is 20.8 Å². The Morgan fingerprint density at radius 3 is 2.62 bits per heavy atom. The molecule has 1 amide bonds. The van der Waals surface area contributed by atoms with E-state index in [1.165, 1.54) is 5.56 Å². The Balaban J connectivity index is 1.54. The van der Waals surface area contributed by atoms with E-state index in [-0.39, 0.29) is 6.09 Å². The normalized spacial score (nSPS) is 13.2.